The van der Waals surface area contributed by atoms with Crippen molar-refractivity contribution in [1.29, 1.82) is 0 Å². The van der Waals surface area contributed by atoms with Crippen LogP contribution in [0.4, 0.5) is 0 Å². The number of likely N-dealkylation sites (tertiary alicyclic amines) is 1. The number of rotatable bonds is 8. The zero-order chi connectivity index (χ0) is 24.0. The van der Waals surface area contributed by atoms with Gasteiger partial charge in [-0.05, 0) is 61.5 Å². The lowest BCUT2D eigenvalue weighted by molar-refractivity contribution is -0.126. The molecule has 0 bridgehead atoms. The number of piperidine rings is 2. The van der Waals surface area contributed by atoms with Gasteiger partial charge in [0.25, 0.3) is 0 Å². The summed E-state index contributed by atoms with van der Waals surface area (Å²) in [6, 6.07) is 15.4. The third-order valence-electron chi connectivity index (χ3n) is 6.83. The summed E-state index contributed by atoms with van der Waals surface area (Å²) in [4.78, 5) is 15.3. The summed E-state index contributed by atoms with van der Waals surface area (Å²) in [7, 11) is -3.47. The van der Waals surface area contributed by atoms with Crippen molar-refractivity contribution in [3.63, 3.8) is 0 Å². The third kappa shape index (κ3) is 6.81. The quantitative estimate of drug-likeness (QED) is 0.586. The average molecular weight is 504 g/mol. The Morgan fingerprint density at radius 1 is 0.941 bits per heavy atom. The summed E-state index contributed by atoms with van der Waals surface area (Å²) in [6.07, 6.45) is 4.94. The summed E-state index contributed by atoms with van der Waals surface area (Å²) >= 11 is 6.14. The topological polar surface area (TPSA) is 69.7 Å². The Morgan fingerprint density at radius 3 is 2.38 bits per heavy atom. The van der Waals surface area contributed by atoms with Gasteiger partial charge >= 0.3 is 0 Å². The van der Waals surface area contributed by atoms with E-state index in [1.165, 1.54) is 29.1 Å². The van der Waals surface area contributed by atoms with E-state index < -0.39 is 10.0 Å². The van der Waals surface area contributed by atoms with Gasteiger partial charge in [-0.3, -0.25) is 9.69 Å². The van der Waals surface area contributed by atoms with E-state index in [9.17, 15) is 13.2 Å². The van der Waals surface area contributed by atoms with E-state index in [-0.39, 0.29) is 17.6 Å². The molecule has 0 spiro atoms. The van der Waals surface area contributed by atoms with Crippen LogP contribution in [0.3, 0.4) is 0 Å². The Balaban J connectivity index is 1.24. The first kappa shape index (κ1) is 25.2. The summed E-state index contributed by atoms with van der Waals surface area (Å²) in [5, 5.41) is 3.52. The number of sulfonamides is 1. The van der Waals surface area contributed by atoms with Crippen LogP contribution < -0.4 is 5.32 Å². The second-order valence-corrected chi connectivity index (χ2v) is 11.8. The minimum Gasteiger partial charge on any atom is -0.352 e. The molecule has 6 nitrogen and oxygen atoms in total. The molecule has 1 amide bonds. The van der Waals surface area contributed by atoms with Gasteiger partial charge in [0.1, 0.15) is 0 Å². The Kier molecular flexibility index (Phi) is 8.64. The number of halogens is 1. The highest BCUT2D eigenvalue weighted by Gasteiger charge is 2.31. The van der Waals surface area contributed by atoms with Gasteiger partial charge in [0, 0.05) is 37.1 Å². The van der Waals surface area contributed by atoms with Crippen LogP contribution in [0.5, 0.6) is 0 Å². The fourth-order valence-electron chi connectivity index (χ4n) is 4.85. The second-order valence-electron chi connectivity index (χ2n) is 9.40. The van der Waals surface area contributed by atoms with Gasteiger partial charge in [-0.2, -0.15) is 0 Å². The maximum atomic E-state index is 12.8. The van der Waals surface area contributed by atoms with Gasteiger partial charge in [-0.1, -0.05) is 60.5 Å². The number of carbonyl (C=O) groups is 1. The third-order valence-corrected chi connectivity index (χ3v) is 9.02. The molecule has 8 heteroatoms. The van der Waals surface area contributed by atoms with Gasteiger partial charge in [-0.15, -0.1) is 0 Å². The summed E-state index contributed by atoms with van der Waals surface area (Å²) < 4.78 is 27.2. The van der Waals surface area contributed by atoms with Crippen molar-refractivity contribution in [3.8, 4) is 0 Å². The fraction of sp³-hybridized carbons (Fsp3) is 0.500. The molecule has 34 heavy (non-hydrogen) atoms. The Hall–Kier alpha value is -1.93. The number of hydrogen-bond donors (Lipinski definition) is 1. The van der Waals surface area contributed by atoms with E-state index in [1.54, 1.807) is 24.3 Å². The van der Waals surface area contributed by atoms with Crippen molar-refractivity contribution in [2.45, 2.75) is 50.9 Å². The fourth-order valence-corrected chi connectivity index (χ4v) is 6.72. The molecule has 0 atom stereocenters. The van der Waals surface area contributed by atoms with E-state index in [1.807, 2.05) is 6.07 Å². The van der Waals surface area contributed by atoms with Gasteiger partial charge in [0.15, 0.2) is 0 Å². The number of carbonyl (C=O) groups excluding carboxylic acids is 1. The largest absolute Gasteiger partial charge is 0.352 e. The van der Waals surface area contributed by atoms with Crippen LogP contribution in [0.1, 0.15) is 48.8 Å². The van der Waals surface area contributed by atoms with E-state index in [0.29, 0.717) is 43.1 Å². The number of benzene rings is 2. The van der Waals surface area contributed by atoms with E-state index in [2.05, 4.69) is 28.4 Å². The second kappa shape index (κ2) is 11.7. The lowest BCUT2D eigenvalue weighted by Gasteiger charge is -2.30. The highest BCUT2D eigenvalue weighted by atomic mass is 35.5. The minimum atomic E-state index is -3.47. The number of amides is 1. The lowest BCUT2D eigenvalue weighted by Crippen LogP contribution is -2.43. The van der Waals surface area contributed by atoms with Crippen molar-refractivity contribution < 1.29 is 13.2 Å². The summed E-state index contributed by atoms with van der Waals surface area (Å²) in [5.74, 6) is -0.273. The van der Waals surface area contributed by atoms with Crippen LogP contribution in [0.15, 0.2) is 48.5 Å². The van der Waals surface area contributed by atoms with Gasteiger partial charge < -0.3 is 5.32 Å². The molecule has 4 rings (SSSR count). The first-order valence-corrected chi connectivity index (χ1v) is 14.2. The van der Waals surface area contributed by atoms with Crippen LogP contribution in [0, 0.1) is 5.92 Å². The molecule has 0 unspecified atom stereocenters. The molecule has 1 N–H and O–H groups in total. The normalized spacial score (nSPS) is 18.6. The van der Waals surface area contributed by atoms with Crippen LogP contribution in [0.25, 0.3) is 0 Å². The number of hydrogen-bond acceptors (Lipinski definition) is 4. The predicted octanol–water partition coefficient (Wildman–Crippen LogP) is 4.18. The van der Waals surface area contributed by atoms with Gasteiger partial charge in [0.05, 0.1) is 5.75 Å². The Labute approximate surface area is 208 Å². The highest BCUT2D eigenvalue weighted by molar-refractivity contribution is 7.88. The molecule has 0 radical (unpaired) electrons. The first-order chi connectivity index (χ1) is 16.4. The van der Waals surface area contributed by atoms with Crippen LogP contribution in [0.2, 0.25) is 5.02 Å². The van der Waals surface area contributed by atoms with Crippen LogP contribution >= 0.6 is 11.6 Å². The summed E-state index contributed by atoms with van der Waals surface area (Å²) in [6.45, 7) is 4.49. The molecule has 2 fully saturated rings. The smallest absolute Gasteiger partial charge is 0.223 e. The molecule has 0 aromatic heterocycles. The lowest BCUT2D eigenvalue weighted by atomic mass is 9.97. The maximum Gasteiger partial charge on any atom is 0.223 e. The van der Waals surface area contributed by atoms with Crippen LogP contribution in [-0.4, -0.2) is 49.7 Å². The highest BCUT2D eigenvalue weighted by Crippen LogP contribution is 2.24. The molecule has 2 aromatic carbocycles. The Morgan fingerprint density at radius 2 is 1.65 bits per heavy atom. The monoisotopic (exact) mass is 503 g/mol. The van der Waals surface area contributed by atoms with Gasteiger partial charge in [0.2, 0.25) is 15.9 Å². The van der Waals surface area contributed by atoms with E-state index >= 15 is 0 Å². The molecule has 2 saturated heterocycles. The summed E-state index contributed by atoms with van der Waals surface area (Å²) in [5.41, 5.74) is 2.99. The minimum absolute atomic E-state index is 0.00425. The van der Waals surface area contributed by atoms with Crippen molar-refractivity contribution in [3.05, 3.63) is 70.2 Å². The molecule has 0 saturated carbocycles. The molecule has 2 heterocycles. The predicted molar refractivity (Wildman–Crippen MR) is 136 cm³/mol. The molecule has 0 aliphatic carbocycles. The molecule has 184 valence electrons. The molecular formula is C26H34ClN3O3S. The standard InChI is InChI=1S/C26H34ClN3O3S/c27-25-10-3-2-9-24(25)20-34(32,33)30-15-11-23(12-16-30)26(31)28-18-21-7-6-8-22(17-21)19-29-13-4-1-5-14-29/h2-3,6-10,17,23H,1,4-5,11-16,18-20H2,(H,28,31). The first-order valence-electron chi connectivity index (χ1n) is 12.2. The SMILES string of the molecule is O=C(NCc1cccc(CN2CCCCC2)c1)C1CCN(S(=O)(=O)Cc2ccccc2Cl)CC1. The van der Waals surface area contributed by atoms with Crippen molar-refractivity contribution in [2.75, 3.05) is 26.2 Å². The van der Waals surface area contributed by atoms with Gasteiger partial charge in [-0.25, -0.2) is 12.7 Å². The average Bonchev–Trinajstić information content (AvgIpc) is 2.85. The van der Waals surface area contributed by atoms with E-state index in [0.717, 1.165) is 25.2 Å². The molecule has 2 aliphatic rings. The Bertz CT molecular complexity index is 1080. The van der Waals surface area contributed by atoms with Crippen molar-refractivity contribution in [1.82, 2.24) is 14.5 Å². The molecule has 2 aromatic rings. The van der Waals surface area contributed by atoms with Crippen molar-refractivity contribution in [2.24, 2.45) is 5.92 Å². The van der Waals surface area contributed by atoms with E-state index in [4.69, 9.17) is 11.6 Å². The zero-order valence-electron chi connectivity index (χ0n) is 19.6. The number of nitrogens with zero attached hydrogens (tertiary/aromatic N) is 2. The van der Waals surface area contributed by atoms with Crippen molar-refractivity contribution >= 4 is 27.5 Å². The zero-order valence-corrected chi connectivity index (χ0v) is 21.2. The molecule has 2 aliphatic heterocycles. The molecular weight excluding hydrogens is 470 g/mol. The number of nitrogens with one attached hydrogen (secondary N) is 1. The maximum absolute atomic E-state index is 12.8. The van der Waals surface area contributed by atoms with Crippen LogP contribution in [-0.2, 0) is 33.7 Å².